The molecule has 7 nitrogen and oxygen atoms in total. The number of nitrogens with zero attached hydrogens (tertiary/aromatic N) is 6. The number of likely N-dealkylation sites (tertiary alicyclic amines) is 1. The summed E-state index contributed by atoms with van der Waals surface area (Å²) in [6, 6.07) is 4.12. The molecule has 0 spiro atoms. The summed E-state index contributed by atoms with van der Waals surface area (Å²) >= 11 is 0. The molecule has 0 N–H and O–H groups in total. The van der Waals surface area contributed by atoms with Crippen LogP contribution in [0.25, 0.3) is 22.6 Å². The van der Waals surface area contributed by atoms with E-state index in [0.717, 1.165) is 36.2 Å². The van der Waals surface area contributed by atoms with Crippen LogP contribution in [0, 0.1) is 0 Å². The van der Waals surface area contributed by atoms with Gasteiger partial charge >= 0.3 is 0 Å². The van der Waals surface area contributed by atoms with E-state index in [0.29, 0.717) is 17.6 Å². The largest absolute Gasteiger partial charge is 0.346 e. The van der Waals surface area contributed by atoms with Gasteiger partial charge in [-0.3, -0.25) is 9.48 Å². The molecule has 0 aliphatic carbocycles. The Labute approximate surface area is 158 Å². The molecule has 140 valence electrons. The van der Waals surface area contributed by atoms with Crippen LogP contribution in [-0.2, 0) is 14.1 Å². The smallest absolute Gasteiger partial charge is 0.270 e. The van der Waals surface area contributed by atoms with Crippen molar-refractivity contribution in [2.24, 2.45) is 14.1 Å². The summed E-state index contributed by atoms with van der Waals surface area (Å²) < 4.78 is 3.64. The van der Waals surface area contributed by atoms with E-state index in [1.165, 1.54) is 6.42 Å². The first-order chi connectivity index (χ1) is 13.0. The predicted molar refractivity (Wildman–Crippen MR) is 103 cm³/mol. The van der Waals surface area contributed by atoms with E-state index in [1.807, 2.05) is 41.9 Å². The average molecular weight is 364 g/mol. The van der Waals surface area contributed by atoms with Crippen LogP contribution in [-0.4, -0.2) is 47.7 Å². The molecule has 0 radical (unpaired) electrons. The molecule has 1 fully saturated rings. The molecule has 1 amide bonds. The molecule has 0 bridgehead atoms. The highest BCUT2D eigenvalue weighted by atomic mass is 16.2. The Morgan fingerprint density at radius 2 is 1.93 bits per heavy atom. The first kappa shape index (κ1) is 17.5. The first-order valence-electron chi connectivity index (χ1n) is 9.32. The molecule has 3 aromatic rings. The number of hydrogen-bond acceptors (Lipinski definition) is 4. The van der Waals surface area contributed by atoms with Gasteiger partial charge < -0.3 is 9.47 Å². The fourth-order valence-electron chi connectivity index (χ4n) is 3.68. The molecular formula is C20H24N6O. The van der Waals surface area contributed by atoms with Gasteiger partial charge in [0, 0.05) is 62.6 Å². The van der Waals surface area contributed by atoms with Crippen molar-refractivity contribution < 1.29 is 4.79 Å². The van der Waals surface area contributed by atoms with Crippen LogP contribution >= 0.6 is 0 Å². The molecular weight excluding hydrogens is 340 g/mol. The number of hydrogen-bond donors (Lipinski definition) is 0. The summed E-state index contributed by atoms with van der Waals surface area (Å²) in [5, 5.41) is 4.15. The molecule has 1 unspecified atom stereocenters. The van der Waals surface area contributed by atoms with Crippen molar-refractivity contribution in [3.05, 3.63) is 42.6 Å². The molecule has 4 rings (SSSR count). The third-order valence-electron chi connectivity index (χ3n) is 5.32. The van der Waals surface area contributed by atoms with E-state index < -0.39 is 0 Å². The summed E-state index contributed by atoms with van der Waals surface area (Å²) in [6.07, 6.45) is 10.6. The minimum atomic E-state index is 0.100. The van der Waals surface area contributed by atoms with E-state index in [-0.39, 0.29) is 5.91 Å². The van der Waals surface area contributed by atoms with Gasteiger partial charge in [-0.1, -0.05) is 0 Å². The Morgan fingerprint density at radius 1 is 1.15 bits per heavy atom. The Bertz CT molecular complexity index is 955. The zero-order chi connectivity index (χ0) is 19.0. The number of amides is 1. The van der Waals surface area contributed by atoms with Gasteiger partial charge in [-0.05, 0) is 38.3 Å². The van der Waals surface area contributed by atoms with Crippen molar-refractivity contribution in [1.29, 1.82) is 0 Å². The van der Waals surface area contributed by atoms with Gasteiger partial charge in [0.05, 0.1) is 0 Å². The fraction of sp³-hybridized carbons (Fsp3) is 0.400. The lowest BCUT2D eigenvalue weighted by Crippen LogP contribution is -2.42. The van der Waals surface area contributed by atoms with Gasteiger partial charge in [0.1, 0.15) is 11.4 Å². The standard InChI is InChI=1S/C20H24N6O/c1-14-6-4-5-9-26(14)20(27)18-10-15(13-24(18)2)16-11-21-19(22-12-16)17-7-8-23-25(17)3/h7-8,10-14H,4-6,9H2,1-3H3. The molecule has 1 saturated heterocycles. The number of aromatic nitrogens is 5. The maximum Gasteiger partial charge on any atom is 0.270 e. The Morgan fingerprint density at radius 3 is 2.59 bits per heavy atom. The van der Waals surface area contributed by atoms with Crippen molar-refractivity contribution in [2.45, 2.75) is 32.2 Å². The summed E-state index contributed by atoms with van der Waals surface area (Å²) in [6.45, 7) is 2.97. The third-order valence-corrected chi connectivity index (χ3v) is 5.32. The highest BCUT2D eigenvalue weighted by Gasteiger charge is 2.26. The number of carbonyl (C=O) groups excluding carboxylic acids is 1. The van der Waals surface area contributed by atoms with E-state index in [1.54, 1.807) is 23.3 Å². The Kier molecular flexibility index (Phi) is 4.51. The molecule has 0 aromatic carbocycles. The van der Waals surface area contributed by atoms with Crippen molar-refractivity contribution in [2.75, 3.05) is 6.54 Å². The number of aryl methyl sites for hydroxylation is 2. The molecule has 3 aromatic heterocycles. The lowest BCUT2D eigenvalue weighted by molar-refractivity contribution is 0.0626. The second-order valence-electron chi connectivity index (χ2n) is 7.20. The molecule has 1 aliphatic rings. The summed E-state index contributed by atoms with van der Waals surface area (Å²) in [5.74, 6) is 0.733. The normalized spacial score (nSPS) is 17.3. The average Bonchev–Trinajstić information content (AvgIpc) is 3.27. The van der Waals surface area contributed by atoms with Crippen molar-refractivity contribution in [3.8, 4) is 22.6 Å². The first-order valence-corrected chi connectivity index (χ1v) is 9.32. The number of rotatable bonds is 3. The minimum absolute atomic E-state index is 0.100. The summed E-state index contributed by atoms with van der Waals surface area (Å²) in [4.78, 5) is 23.9. The van der Waals surface area contributed by atoms with Gasteiger partial charge in [0.25, 0.3) is 5.91 Å². The van der Waals surface area contributed by atoms with Crippen LogP contribution in [0.4, 0.5) is 0 Å². The second-order valence-corrected chi connectivity index (χ2v) is 7.20. The van der Waals surface area contributed by atoms with E-state index in [4.69, 9.17) is 0 Å². The van der Waals surface area contributed by atoms with Crippen molar-refractivity contribution in [1.82, 2.24) is 29.2 Å². The lowest BCUT2D eigenvalue weighted by atomic mass is 10.0. The van der Waals surface area contributed by atoms with Crippen molar-refractivity contribution >= 4 is 5.91 Å². The second kappa shape index (κ2) is 6.98. The van der Waals surface area contributed by atoms with Crippen LogP contribution < -0.4 is 0 Å². The predicted octanol–water partition coefficient (Wildman–Crippen LogP) is 2.90. The highest BCUT2D eigenvalue weighted by molar-refractivity contribution is 5.94. The highest BCUT2D eigenvalue weighted by Crippen LogP contribution is 2.25. The molecule has 4 heterocycles. The van der Waals surface area contributed by atoms with Crippen LogP contribution in [0.2, 0.25) is 0 Å². The van der Waals surface area contributed by atoms with Gasteiger partial charge in [-0.15, -0.1) is 0 Å². The van der Waals surface area contributed by atoms with Crippen LogP contribution in [0.5, 0.6) is 0 Å². The monoisotopic (exact) mass is 364 g/mol. The number of carbonyl (C=O) groups is 1. The van der Waals surface area contributed by atoms with E-state index in [2.05, 4.69) is 22.0 Å². The summed E-state index contributed by atoms with van der Waals surface area (Å²) in [5.41, 5.74) is 3.41. The SMILES string of the molecule is CC1CCCCN1C(=O)c1cc(-c2cnc(-c3ccnn3C)nc2)cn1C. The van der Waals surface area contributed by atoms with E-state index in [9.17, 15) is 4.79 Å². The molecule has 27 heavy (non-hydrogen) atoms. The van der Waals surface area contributed by atoms with Crippen LogP contribution in [0.1, 0.15) is 36.7 Å². The Balaban J connectivity index is 1.59. The van der Waals surface area contributed by atoms with E-state index >= 15 is 0 Å². The molecule has 0 saturated carbocycles. The number of piperidine rings is 1. The topological polar surface area (TPSA) is 68.8 Å². The fourth-order valence-corrected chi connectivity index (χ4v) is 3.68. The lowest BCUT2D eigenvalue weighted by Gasteiger charge is -2.33. The quantitative estimate of drug-likeness (QED) is 0.717. The Hall–Kier alpha value is -2.96. The van der Waals surface area contributed by atoms with Gasteiger partial charge in [0.2, 0.25) is 0 Å². The maximum absolute atomic E-state index is 13.0. The van der Waals surface area contributed by atoms with Gasteiger partial charge in [-0.25, -0.2) is 9.97 Å². The molecule has 7 heteroatoms. The third kappa shape index (κ3) is 3.25. The zero-order valence-electron chi connectivity index (χ0n) is 16.0. The summed E-state index contributed by atoms with van der Waals surface area (Å²) in [7, 11) is 3.78. The van der Waals surface area contributed by atoms with Crippen LogP contribution in [0.3, 0.4) is 0 Å². The minimum Gasteiger partial charge on any atom is -0.346 e. The maximum atomic E-state index is 13.0. The van der Waals surface area contributed by atoms with Gasteiger partial charge in [0.15, 0.2) is 5.82 Å². The van der Waals surface area contributed by atoms with Crippen molar-refractivity contribution in [3.63, 3.8) is 0 Å². The van der Waals surface area contributed by atoms with Crippen LogP contribution in [0.15, 0.2) is 36.9 Å². The zero-order valence-corrected chi connectivity index (χ0v) is 16.0. The molecule has 1 atom stereocenters. The molecule has 1 aliphatic heterocycles. The van der Waals surface area contributed by atoms with Gasteiger partial charge in [-0.2, -0.15) is 5.10 Å².